The molecule has 0 saturated heterocycles. The van der Waals surface area contributed by atoms with Crippen molar-refractivity contribution in [1.29, 1.82) is 0 Å². The number of hydrogen-bond donors (Lipinski definition) is 1. The maximum Gasteiger partial charge on any atom is 0.279 e. The zero-order chi connectivity index (χ0) is 21.7. The highest BCUT2D eigenvalue weighted by atomic mass is 35.5. The minimum absolute atomic E-state index is 0.0178. The first kappa shape index (κ1) is 21.4. The summed E-state index contributed by atoms with van der Waals surface area (Å²) >= 11 is 12.6. The predicted octanol–water partition coefficient (Wildman–Crippen LogP) is 1.64. The van der Waals surface area contributed by atoms with E-state index in [4.69, 9.17) is 27.9 Å². The van der Waals surface area contributed by atoms with Crippen LogP contribution < -0.4 is 10.3 Å². The Bertz CT molecular complexity index is 1140. The lowest BCUT2D eigenvalue weighted by Gasteiger charge is -2.12. The van der Waals surface area contributed by atoms with Gasteiger partial charge in [-0.15, -0.1) is 5.10 Å². The van der Waals surface area contributed by atoms with Crippen molar-refractivity contribution in [2.75, 3.05) is 6.61 Å². The van der Waals surface area contributed by atoms with Crippen molar-refractivity contribution in [3.05, 3.63) is 55.7 Å². The van der Waals surface area contributed by atoms with E-state index >= 15 is 0 Å². The maximum atomic E-state index is 13.2. The molecule has 1 N–H and O–H groups in total. The molecule has 0 unspecified atom stereocenters. The van der Waals surface area contributed by atoms with Crippen LogP contribution in [-0.4, -0.2) is 55.8 Å². The first-order chi connectivity index (χ1) is 14.5. The lowest BCUT2D eigenvalue weighted by atomic mass is 10.0. The number of tetrazole rings is 1. The highest BCUT2D eigenvalue weighted by Crippen LogP contribution is 2.36. The van der Waals surface area contributed by atoms with E-state index in [0.717, 1.165) is 4.68 Å². The second-order valence-corrected chi connectivity index (χ2v) is 6.72. The molecule has 0 fully saturated rings. The van der Waals surface area contributed by atoms with Gasteiger partial charge in [-0.05, 0) is 36.0 Å². The van der Waals surface area contributed by atoms with Gasteiger partial charge >= 0.3 is 0 Å². The van der Waals surface area contributed by atoms with Gasteiger partial charge in [0.05, 0.1) is 28.8 Å². The first-order valence-corrected chi connectivity index (χ1v) is 9.26. The van der Waals surface area contributed by atoms with Crippen molar-refractivity contribution in [2.45, 2.75) is 19.8 Å². The topological polar surface area (TPSA) is 132 Å². The van der Waals surface area contributed by atoms with Gasteiger partial charge in [-0.25, -0.2) is 9.36 Å². The van der Waals surface area contributed by atoms with E-state index in [1.807, 2.05) is 0 Å². The smallest absolute Gasteiger partial charge is 0.279 e. The monoisotopic (exact) mass is 450 g/mol. The van der Waals surface area contributed by atoms with Crippen molar-refractivity contribution in [2.24, 2.45) is 9.98 Å². The summed E-state index contributed by atoms with van der Waals surface area (Å²) in [6.45, 7) is 7.22. The Balaban J connectivity index is 1.94. The van der Waals surface area contributed by atoms with E-state index < -0.39 is 11.3 Å². The van der Waals surface area contributed by atoms with Crippen LogP contribution in [0.4, 0.5) is 0 Å². The number of ketones is 1. The molecule has 0 atom stereocenters. The molecule has 2 heterocycles. The lowest BCUT2D eigenvalue weighted by Crippen LogP contribution is -2.22. The zero-order valence-corrected chi connectivity index (χ0v) is 17.1. The highest BCUT2D eigenvalue weighted by molar-refractivity contribution is 6.40. The van der Waals surface area contributed by atoms with Crippen LogP contribution in [-0.2, 0) is 19.8 Å². The van der Waals surface area contributed by atoms with Crippen molar-refractivity contribution in [1.82, 2.24) is 30.0 Å². The van der Waals surface area contributed by atoms with Gasteiger partial charge in [0.25, 0.3) is 5.56 Å². The zero-order valence-electron chi connectivity index (χ0n) is 15.6. The van der Waals surface area contributed by atoms with Crippen LogP contribution in [0.25, 0.3) is 0 Å². The SMILES string of the molecule is C=NCc1[nH]n(CN=C)c(=O)c1C(=O)c1ccc(Cl)c(OCCn2cnnn2)c1Cl. The second-order valence-electron chi connectivity index (χ2n) is 5.93. The summed E-state index contributed by atoms with van der Waals surface area (Å²) in [6.07, 6.45) is 1.43. The Hall–Kier alpha value is -3.31. The van der Waals surface area contributed by atoms with Crippen LogP contribution in [0.1, 0.15) is 21.6 Å². The standard InChI is InChI=1S/C17H16Cl2N8O3/c1-20-7-12-13(17(29)27(23-12)8-21-2)15(28)10-3-4-11(18)16(14(10)19)30-6-5-26-9-22-24-25-26/h3-4,9,23H,1-2,5-8H2. The number of nitrogens with zero attached hydrogens (tertiary/aromatic N) is 7. The number of carbonyl (C=O) groups excluding carboxylic acids is 1. The van der Waals surface area contributed by atoms with Crippen LogP contribution in [0, 0.1) is 0 Å². The Morgan fingerprint density at radius 1 is 1.27 bits per heavy atom. The Kier molecular flexibility index (Phi) is 6.75. The number of aromatic nitrogens is 6. The van der Waals surface area contributed by atoms with Gasteiger partial charge in [0.15, 0.2) is 5.75 Å². The van der Waals surface area contributed by atoms with Crippen molar-refractivity contribution in [3.63, 3.8) is 0 Å². The van der Waals surface area contributed by atoms with E-state index in [9.17, 15) is 9.59 Å². The van der Waals surface area contributed by atoms with Gasteiger partial charge in [-0.2, -0.15) is 0 Å². The van der Waals surface area contributed by atoms with Crippen molar-refractivity contribution in [3.8, 4) is 5.75 Å². The number of H-pyrrole nitrogens is 1. The minimum Gasteiger partial charge on any atom is -0.488 e. The van der Waals surface area contributed by atoms with Gasteiger partial charge < -0.3 is 4.74 Å². The predicted molar refractivity (Wildman–Crippen MR) is 111 cm³/mol. The van der Waals surface area contributed by atoms with Gasteiger partial charge in [-0.3, -0.25) is 24.7 Å². The number of rotatable bonds is 10. The number of carbonyl (C=O) groups is 1. The first-order valence-electron chi connectivity index (χ1n) is 8.50. The fourth-order valence-electron chi connectivity index (χ4n) is 2.69. The number of benzene rings is 1. The molecule has 0 spiro atoms. The maximum absolute atomic E-state index is 13.2. The molecule has 2 aromatic heterocycles. The highest BCUT2D eigenvalue weighted by Gasteiger charge is 2.26. The third-order valence-electron chi connectivity index (χ3n) is 4.02. The molecule has 11 nitrogen and oxygen atoms in total. The third-order valence-corrected chi connectivity index (χ3v) is 4.69. The van der Waals surface area contributed by atoms with Crippen LogP contribution >= 0.6 is 23.2 Å². The fraction of sp³-hybridized carbons (Fsp3) is 0.235. The Morgan fingerprint density at radius 2 is 2.07 bits per heavy atom. The summed E-state index contributed by atoms with van der Waals surface area (Å²) in [5.74, 6) is -0.492. The van der Waals surface area contributed by atoms with E-state index in [-0.39, 0.29) is 52.4 Å². The fourth-order valence-corrected chi connectivity index (χ4v) is 3.26. The molecule has 3 rings (SSSR count). The van der Waals surface area contributed by atoms with E-state index in [1.54, 1.807) is 0 Å². The minimum atomic E-state index is -0.607. The normalized spacial score (nSPS) is 10.7. The summed E-state index contributed by atoms with van der Waals surface area (Å²) in [7, 11) is 0. The van der Waals surface area contributed by atoms with Crippen molar-refractivity contribution < 1.29 is 9.53 Å². The van der Waals surface area contributed by atoms with Crippen LogP contribution in [0.3, 0.4) is 0 Å². The molecule has 0 aliphatic carbocycles. The summed E-state index contributed by atoms with van der Waals surface area (Å²) in [4.78, 5) is 33.2. The molecular weight excluding hydrogens is 435 g/mol. The molecule has 0 radical (unpaired) electrons. The number of nitrogens with one attached hydrogen (secondary N) is 1. The molecule has 0 amide bonds. The Morgan fingerprint density at radius 3 is 2.73 bits per heavy atom. The summed E-state index contributed by atoms with van der Waals surface area (Å²) < 4.78 is 8.25. The van der Waals surface area contributed by atoms with Crippen LogP contribution in [0.2, 0.25) is 10.0 Å². The van der Waals surface area contributed by atoms with Crippen molar-refractivity contribution >= 4 is 42.4 Å². The molecule has 156 valence electrons. The number of aliphatic imine (C=N–C) groups is 2. The van der Waals surface area contributed by atoms with Gasteiger partial charge in [-0.1, -0.05) is 23.2 Å². The molecule has 0 saturated carbocycles. The average Bonchev–Trinajstić information content (AvgIpc) is 3.33. The third kappa shape index (κ3) is 4.31. The molecular formula is C17H16Cl2N8O3. The molecule has 13 heteroatoms. The van der Waals surface area contributed by atoms with E-state index in [2.05, 4.69) is 44.0 Å². The molecule has 3 aromatic rings. The van der Waals surface area contributed by atoms with Gasteiger partial charge in [0.2, 0.25) is 5.78 Å². The quantitative estimate of drug-likeness (QED) is 0.368. The van der Waals surface area contributed by atoms with Gasteiger partial charge in [0, 0.05) is 5.56 Å². The number of hydrogen-bond acceptors (Lipinski definition) is 8. The number of halogens is 2. The summed E-state index contributed by atoms with van der Waals surface area (Å²) in [5, 5.41) is 13.8. The van der Waals surface area contributed by atoms with Crippen LogP contribution in [0.15, 0.2) is 33.2 Å². The van der Waals surface area contributed by atoms with Crippen LogP contribution in [0.5, 0.6) is 5.75 Å². The van der Waals surface area contributed by atoms with E-state index in [1.165, 1.54) is 23.1 Å². The lowest BCUT2D eigenvalue weighted by molar-refractivity contribution is 0.103. The number of ether oxygens (including phenoxy) is 1. The summed E-state index contributed by atoms with van der Waals surface area (Å²) in [5.41, 5.74) is -0.345. The molecule has 0 bridgehead atoms. The van der Waals surface area contributed by atoms with Gasteiger partial charge in [0.1, 0.15) is 25.2 Å². The van der Waals surface area contributed by atoms with E-state index in [0.29, 0.717) is 6.54 Å². The molecule has 1 aromatic carbocycles. The molecule has 30 heavy (non-hydrogen) atoms. The Labute approximate surface area is 180 Å². The molecule has 0 aliphatic heterocycles. The largest absolute Gasteiger partial charge is 0.488 e. The second kappa shape index (κ2) is 9.46. The molecule has 0 aliphatic rings. The summed E-state index contributed by atoms with van der Waals surface area (Å²) in [6, 6.07) is 2.89. The number of aromatic amines is 1. The average molecular weight is 451 g/mol.